The zero-order chi connectivity index (χ0) is 18.8. The van der Waals surface area contributed by atoms with Crippen LogP contribution in [0.2, 0.25) is 0 Å². The van der Waals surface area contributed by atoms with Crippen LogP contribution in [0.5, 0.6) is 0 Å². The predicted octanol–water partition coefficient (Wildman–Crippen LogP) is 5.37. The number of aromatic carboxylic acids is 1. The minimum absolute atomic E-state index is 0.0425. The molecule has 134 valence electrons. The van der Waals surface area contributed by atoms with Gasteiger partial charge < -0.3 is 9.63 Å². The molecule has 0 heterocycles. The number of fused-ring (bicyclic) bond motifs is 1. The van der Waals surface area contributed by atoms with Crippen molar-refractivity contribution in [1.29, 1.82) is 0 Å². The fraction of sp³-hybridized carbons (Fsp3) is 0.235. The molecule has 0 aliphatic rings. The summed E-state index contributed by atoms with van der Waals surface area (Å²) in [5.41, 5.74) is -4.57. The van der Waals surface area contributed by atoms with Gasteiger partial charge in [0.25, 0.3) is 0 Å². The number of carboxylic acid groups (broad SMARTS) is 1. The number of alkyl halides is 2. The van der Waals surface area contributed by atoms with Crippen molar-refractivity contribution in [2.75, 3.05) is 6.61 Å². The molecule has 0 bridgehead atoms. The van der Waals surface area contributed by atoms with Gasteiger partial charge in [0.05, 0.1) is 17.9 Å². The SMILES string of the molecule is C=C(C)OP(=O)(OCC)C(F)(F)c1ccc2ccc(C(=O)O)cc2c1. The van der Waals surface area contributed by atoms with Crippen LogP contribution in [0.4, 0.5) is 8.78 Å². The summed E-state index contributed by atoms with van der Waals surface area (Å²) in [7, 11) is -4.86. The van der Waals surface area contributed by atoms with Gasteiger partial charge >= 0.3 is 19.2 Å². The highest BCUT2D eigenvalue weighted by Gasteiger charge is 2.56. The van der Waals surface area contributed by atoms with E-state index in [2.05, 4.69) is 6.58 Å². The second kappa shape index (κ2) is 6.94. The van der Waals surface area contributed by atoms with Crippen LogP contribution in [0.1, 0.15) is 29.8 Å². The molecule has 2 aromatic rings. The van der Waals surface area contributed by atoms with E-state index in [1.165, 1.54) is 38.1 Å². The van der Waals surface area contributed by atoms with E-state index < -0.39 is 24.8 Å². The smallest absolute Gasteiger partial charge is 0.452 e. The van der Waals surface area contributed by atoms with Gasteiger partial charge in [-0.25, -0.2) is 9.36 Å². The lowest BCUT2D eigenvalue weighted by molar-refractivity contribution is 0.0425. The standard InChI is InChI=1S/C17H17F2O5P/c1-4-23-25(22,24-11(2)3)17(18,19)15-8-7-12-5-6-13(16(20)21)9-14(12)10-15/h5-10H,2,4H2,1,3H3,(H,20,21). The van der Waals surface area contributed by atoms with Gasteiger partial charge in [-0.05, 0) is 42.8 Å². The normalized spacial score (nSPS) is 14.1. The molecular formula is C17H17F2O5P. The van der Waals surface area contributed by atoms with Crippen LogP contribution in [0.25, 0.3) is 10.8 Å². The molecule has 0 saturated heterocycles. The van der Waals surface area contributed by atoms with E-state index in [4.69, 9.17) is 14.2 Å². The zero-order valence-electron chi connectivity index (χ0n) is 13.7. The molecular weight excluding hydrogens is 353 g/mol. The third-order valence-corrected chi connectivity index (χ3v) is 5.45. The van der Waals surface area contributed by atoms with Crippen LogP contribution in [-0.2, 0) is 19.3 Å². The van der Waals surface area contributed by atoms with Crippen molar-refractivity contribution in [3.8, 4) is 0 Å². The molecule has 0 aromatic heterocycles. The van der Waals surface area contributed by atoms with Gasteiger partial charge in [0, 0.05) is 5.56 Å². The molecule has 8 heteroatoms. The molecule has 0 fully saturated rings. The number of halogens is 2. The fourth-order valence-corrected chi connectivity index (χ4v) is 3.80. The molecule has 0 spiro atoms. The Balaban J connectivity index is 2.58. The summed E-state index contributed by atoms with van der Waals surface area (Å²) in [6, 6.07) is 7.72. The number of rotatable bonds is 7. The van der Waals surface area contributed by atoms with E-state index in [0.29, 0.717) is 5.39 Å². The number of carbonyl (C=O) groups is 1. The summed E-state index contributed by atoms with van der Waals surface area (Å²) in [6.45, 7) is 5.81. The highest BCUT2D eigenvalue weighted by Crippen LogP contribution is 2.67. The predicted molar refractivity (Wildman–Crippen MR) is 89.9 cm³/mol. The van der Waals surface area contributed by atoms with Crippen LogP contribution in [0, 0.1) is 0 Å². The third-order valence-electron chi connectivity index (χ3n) is 3.35. The van der Waals surface area contributed by atoms with Crippen molar-refractivity contribution in [3.05, 3.63) is 59.9 Å². The first-order chi connectivity index (χ1) is 11.6. The van der Waals surface area contributed by atoms with Crippen LogP contribution in [0.15, 0.2) is 48.7 Å². The van der Waals surface area contributed by atoms with Crippen molar-refractivity contribution in [3.63, 3.8) is 0 Å². The maximum Gasteiger partial charge on any atom is 0.452 e. The first-order valence-corrected chi connectivity index (χ1v) is 8.90. The Morgan fingerprint density at radius 1 is 1.24 bits per heavy atom. The summed E-state index contributed by atoms with van der Waals surface area (Å²) in [5.74, 6) is -1.34. The first-order valence-electron chi connectivity index (χ1n) is 7.36. The fourth-order valence-electron chi connectivity index (χ4n) is 2.26. The van der Waals surface area contributed by atoms with E-state index in [1.807, 2.05) is 0 Å². The highest BCUT2D eigenvalue weighted by atomic mass is 31.2. The van der Waals surface area contributed by atoms with Gasteiger partial charge in [0.1, 0.15) is 0 Å². The van der Waals surface area contributed by atoms with Crippen LogP contribution in [0.3, 0.4) is 0 Å². The summed E-state index contributed by atoms with van der Waals surface area (Å²) in [4.78, 5) is 11.0. The number of allylic oxidation sites excluding steroid dienone is 1. The number of hydrogen-bond donors (Lipinski definition) is 1. The van der Waals surface area contributed by atoms with E-state index in [9.17, 15) is 18.1 Å². The van der Waals surface area contributed by atoms with E-state index >= 15 is 0 Å². The van der Waals surface area contributed by atoms with Crippen molar-refractivity contribution in [1.82, 2.24) is 0 Å². The quantitative estimate of drug-likeness (QED) is 0.524. The Hall–Kier alpha value is -2.24. The number of carboxylic acids is 1. The average molecular weight is 370 g/mol. The molecule has 0 radical (unpaired) electrons. The second-order valence-electron chi connectivity index (χ2n) is 5.33. The lowest BCUT2D eigenvalue weighted by Gasteiger charge is -2.26. The van der Waals surface area contributed by atoms with Crippen LogP contribution >= 0.6 is 7.60 Å². The van der Waals surface area contributed by atoms with E-state index in [-0.39, 0.29) is 23.3 Å². The summed E-state index contributed by atoms with van der Waals surface area (Å²) in [6.07, 6.45) is 0. The van der Waals surface area contributed by atoms with Gasteiger partial charge in [-0.15, -0.1) is 0 Å². The zero-order valence-corrected chi connectivity index (χ0v) is 14.6. The number of hydrogen-bond acceptors (Lipinski definition) is 4. The highest BCUT2D eigenvalue weighted by molar-refractivity contribution is 7.54. The molecule has 5 nitrogen and oxygen atoms in total. The molecule has 0 amide bonds. The minimum Gasteiger partial charge on any atom is -0.478 e. The van der Waals surface area contributed by atoms with Gasteiger partial charge in [-0.2, -0.15) is 8.78 Å². The average Bonchev–Trinajstić information content (AvgIpc) is 2.53. The van der Waals surface area contributed by atoms with Crippen molar-refractivity contribution in [2.24, 2.45) is 0 Å². The van der Waals surface area contributed by atoms with Gasteiger partial charge in [-0.3, -0.25) is 4.52 Å². The summed E-state index contributed by atoms with van der Waals surface area (Å²) < 4.78 is 51.9. The Kier molecular flexibility index (Phi) is 5.30. The van der Waals surface area contributed by atoms with Gasteiger partial charge in [0.15, 0.2) is 0 Å². The second-order valence-corrected chi connectivity index (χ2v) is 7.33. The van der Waals surface area contributed by atoms with Crippen LogP contribution < -0.4 is 0 Å². The lowest BCUT2D eigenvalue weighted by atomic mass is 10.0. The van der Waals surface area contributed by atoms with E-state index in [1.54, 1.807) is 0 Å². The first kappa shape index (κ1) is 19.1. The lowest BCUT2D eigenvalue weighted by Crippen LogP contribution is -2.18. The van der Waals surface area contributed by atoms with Crippen molar-refractivity contribution in [2.45, 2.75) is 19.5 Å². The Bertz CT molecular complexity index is 878. The molecule has 25 heavy (non-hydrogen) atoms. The molecule has 2 rings (SSSR count). The Morgan fingerprint density at radius 2 is 1.88 bits per heavy atom. The summed E-state index contributed by atoms with van der Waals surface area (Å²) >= 11 is 0. The maximum absolute atomic E-state index is 14.9. The Morgan fingerprint density at radius 3 is 2.44 bits per heavy atom. The monoisotopic (exact) mass is 370 g/mol. The molecule has 1 unspecified atom stereocenters. The van der Waals surface area contributed by atoms with Gasteiger partial charge in [-0.1, -0.05) is 24.8 Å². The molecule has 0 saturated carbocycles. The maximum atomic E-state index is 14.9. The Labute approximate surface area is 143 Å². The minimum atomic E-state index is -4.86. The van der Waals surface area contributed by atoms with Crippen molar-refractivity contribution < 1.29 is 32.3 Å². The van der Waals surface area contributed by atoms with Crippen LogP contribution in [-0.4, -0.2) is 17.7 Å². The molecule has 0 aliphatic carbocycles. The van der Waals surface area contributed by atoms with E-state index in [0.717, 1.165) is 12.1 Å². The summed E-state index contributed by atoms with van der Waals surface area (Å²) in [5, 5.41) is 9.87. The number of benzene rings is 2. The van der Waals surface area contributed by atoms with Gasteiger partial charge in [0.2, 0.25) is 0 Å². The largest absolute Gasteiger partial charge is 0.478 e. The molecule has 2 aromatic carbocycles. The topological polar surface area (TPSA) is 72.8 Å². The molecule has 1 atom stereocenters. The molecule has 1 N–H and O–H groups in total. The van der Waals surface area contributed by atoms with Crippen molar-refractivity contribution >= 4 is 24.3 Å². The molecule has 0 aliphatic heterocycles. The third kappa shape index (κ3) is 3.72.